The second-order valence-corrected chi connectivity index (χ2v) is 8.18. The van der Waals surface area contributed by atoms with E-state index in [2.05, 4.69) is 4.74 Å². The summed E-state index contributed by atoms with van der Waals surface area (Å²) in [5.41, 5.74) is 0. The molecule has 0 heterocycles. The highest BCUT2D eigenvalue weighted by Gasteiger charge is 2.77. The first-order valence-corrected chi connectivity index (χ1v) is 7.80. The Morgan fingerprint density at radius 1 is 0.571 bits per heavy atom. The average molecular weight is 692 g/mol. The Labute approximate surface area is 154 Å². The predicted molar refractivity (Wildman–Crippen MR) is 74.4 cm³/mol. The molecule has 0 aliphatic rings. The van der Waals surface area contributed by atoms with Crippen molar-refractivity contribution < 1.29 is 48.6 Å². The van der Waals surface area contributed by atoms with Gasteiger partial charge in [-0.15, -0.1) is 0 Å². The third-order valence-electron chi connectivity index (χ3n) is 1.70. The molecule has 0 rings (SSSR count). The quantitative estimate of drug-likeness (QED) is 0.179. The summed E-state index contributed by atoms with van der Waals surface area (Å²) >= 11 is 1.90. The van der Waals surface area contributed by atoms with Crippen LogP contribution in [-0.4, -0.2) is 29.2 Å². The van der Waals surface area contributed by atoms with Gasteiger partial charge in [-0.25, -0.2) is 13.5 Å². The van der Waals surface area contributed by atoms with Crippen LogP contribution < -0.4 is 0 Å². The van der Waals surface area contributed by atoms with Crippen LogP contribution in [-0.2, 0) is 4.74 Å². The molecule has 0 aliphatic carbocycles. The van der Waals surface area contributed by atoms with Gasteiger partial charge in [0, 0.05) is 45.2 Å². The number of halogens is 14. The van der Waals surface area contributed by atoms with E-state index < -0.39 is 29.2 Å². The summed E-state index contributed by atoms with van der Waals surface area (Å²) in [7, 11) is 0. The van der Waals surface area contributed by atoms with Crippen LogP contribution in [0.4, 0.5) is 43.9 Å². The van der Waals surface area contributed by atoms with Crippen molar-refractivity contribution in [3.63, 3.8) is 0 Å². The maximum Gasteiger partial charge on any atom is 0.411 e. The molecular weight excluding hydrogens is 692 g/mol. The highest BCUT2D eigenvalue weighted by molar-refractivity contribution is 14.1. The van der Waals surface area contributed by atoms with Crippen molar-refractivity contribution >= 4 is 77.0 Å². The van der Waals surface area contributed by atoms with E-state index in [-0.39, 0.29) is 45.2 Å². The zero-order valence-electron chi connectivity index (χ0n) is 8.70. The standard InChI is InChI=1S/C6Br2F10I2O/c7-1(9,3(11,12)19)5(15,16)21-6(17,18)2(8,10)4(13,14)20. The fourth-order valence-electron chi connectivity index (χ4n) is 0.619. The van der Waals surface area contributed by atoms with E-state index in [4.69, 9.17) is 0 Å². The van der Waals surface area contributed by atoms with E-state index in [0.29, 0.717) is 0 Å². The summed E-state index contributed by atoms with van der Waals surface area (Å²) in [4.78, 5) is 0. The van der Waals surface area contributed by atoms with Gasteiger partial charge in [0.1, 0.15) is 0 Å². The average Bonchev–Trinajstić information content (AvgIpc) is 2.11. The molecule has 2 atom stereocenters. The zero-order valence-corrected chi connectivity index (χ0v) is 16.2. The van der Waals surface area contributed by atoms with Gasteiger partial charge < -0.3 is 0 Å². The largest absolute Gasteiger partial charge is 0.411 e. The second kappa shape index (κ2) is 6.20. The molecule has 0 bridgehead atoms. The number of rotatable bonds is 6. The van der Waals surface area contributed by atoms with Gasteiger partial charge in [0.15, 0.2) is 0 Å². The smallest absolute Gasteiger partial charge is 0.248 e. The molecule has 0 aromatic rings. The molecule has 0 spiro atoms. The van der Waals surface area contributed by atoms with Crippen molar-refractivity contribution in [2.75, 3.05) is 0 Å². The van der Waals surface area contributed by atoms with E-state index in [1.807, 2.05) is 0 Å². The summed E-state index contributed by atoms with van der Waals surface area (Å²) < 4.78 is 111. The molecular formula is C6Br2F10I2O. The third-order valence-corrected chi connectivity index (χ3v) is 6.59. The maximum atomic E-state index is 13.2. The van der Waals surface area contributed by atoms with Gasteiger partial charge >= 0.3 is 29.2 Å². The molecule has 1 nitrogen and oxygen atoms in total. The lowest BCUT2D eigenvalue weighted by atomic mass is 10.3. The van der Waals surface area contributed by atoms with E-state index in [1.54, 1.807) is 0 Å². The number of hydrogen-bond acceptors (Lipinski definition) is 1. The highest BCUT2D eigenvalue weighted by atomic mass is 127. The molecule has 0 aromatic heterocycles. The van der Waals surface area contributed by atoms with Crippen molar-refractivity contribution in [1.82, 2.24) is 0 Å². The van der Waals surface area contributed by atoms with Crippen LogP contribution in [0, 0.1) is 0 Å². The van der Waals surface area contributed by atoms with Crippen molar-refractivity contribution in [1.29, 1.82) is 0 Å². The molecule has 0 amide bonds. The van der Waals surface area contributed by atoms with Crippen LogP contribution in [0.1, 0.15) is 0 Å². The van der Waals surface area contributed by atoms with Gasteiger partial charge in [0.05, 0.1) is 0 Å². The SMILES string of the molecule is FC(F)(I)C(F)(Br)C(F)(F)OC(F)(F)C(F)(Br)C(F)(F)I. The Balaban J connectivity index is 5.65. The summed E-state index contributed by atoms with van der Waals surface area (Å²) in [5.74, 6) is 0. The van der Waals surface area contributed by atoms with Crippen LogP contribution in [0.25, 0.3) is 0 Å². The topological polar surface area (TPSA) is 9.23 Å². The monoisotopic (exact) mass is 690 g/mol. The second-order valence-electron chi connectivity index (χ2n) is 3.28. The van der Waals surface area contributed by atoms with Gasteiger partial charge in [-0.05, 0) is 31.9 Å². The first-order valence-electron chi connectivity index (χ1n) is 4.05. The van der Waals surface area contributed by atoms with E-state index >= 15 is 0 Å². The number of alkyl halides is 14. The fourth-order valence-corrected chi connectivity index (χ4v) is 1.41. The lowest BCUT2D eigenvalue weighted by Crippen LogP contribution is -2.59. The summed E-state index contributed by atoms with van der Waals surface area (Å²) in [6.07, 6.45) is -12.2. The van der Waals surface area contributed by atoms with Gasteiger partial charge in [-0.2, -0.15) is 35.1 Å². The molecule has 0 N–H and O–H groups in total. The molecule has 0 aromatic carbocycles. The Morgan fingerprint density at radius 3 is 0.905 bits per heavy atom. The molecule has 0 aliphatic heterocycles. The first-order chi connectivity index (χ1) is 8.71. The van der Waals surface area contributed by atoms with Crippen molar-refractivity contribution in [3.05, 3.63) is 0 Å². The van der Waals surface area contributed by atoms with Gasteiger partial charge in [-0.1, -0.05) is 0 Å². The van der Waals surface area contributed by atoms with Crippen molar-refractivity contribution in [2.45, 2.75) is 29.2 Å². The molecule has 0 saturated carbocycles. The predicted octanol–water partition coefficient (Wildman–Crippen LogP) is 6.37. The first kappa shape index (κ1) is 22.7. The Bertz CT molecular complexity index is 354. The normalized spacial score (nSPS) is 20.9. The lowest BCUT2D eigenvalue weighted by molar-refractivity contribution is -0.428. The molecule has 128 valence electrons. The minimum Gasteiger partial charge on any atom is -0.248 e. The summed E-state index contributed by atoms with van der Waals surface area (Å²) in [6.45, 7) is 0. The zero-order chi connectivity index (χ0) is 17.7. The minimum atomic E-state index is -6.08. The Kier molecular flexibility index (Phi) is 6.69. The number of ether oxygens (including phenoxy) is 1. The van der Waals surface area contributed by atoms with Gasteiger partial charge in [-0.3, -0.25) is 0 Å². The highest BCUT2D eigenvalue weighted by Crippen LogP contribution is 2.58. The van der Waals surface area contributed by atoms with Crippen LogP contribution in [0.2, 0.25) is 0 Å². The molecule has 21 heavy (non-hydrogen) atoms. The van der Waals surface area contributed by atoms with Crippen LogP contribution in [0.3, 0.4) is 0 Å². The van der Waals surface area contributed by atoms with Crippen LogP contribution >= 0.6 is 77.0 Å². The molecule has 0 saturated heterocycles. The van der Waals surface area contributed by atoms with Crippen LogP contribution in [0.5, 0.6) is 0 Å². The third kappa shape index (κ3) is 4.40. The van der Waals surface area contributed by atoms with E-state index in [0.717, 1.165) is 31.9 Å². The summed E-state index contributed by atoms with van der Waals surface area (Å²) in [5, 5.41) is 0. The molecule has 2 unspecified atom stereocenters. The molecule has 0 fully saturated rings. The molecule has 15 heteroatoms. The Hall–Kier alpha value is 1.68. The van der Waals surface area contributed by atoms with Crippen molar-refractivity contribution in [3.8, 4) is 0 Å². The van der Waals surface area contributed by atoms with Gasteiger partial charge in [0.2, 0.25) is 0 Å². The van der Waals surface area contributed by atoms with E-state index in [1.165, 1.54) is 0 Å². The van der Waals surface area contributed by atoms with Crippen LogP contribution in [0.15, 0.2) is 0 Å². The molecule has 0 radical (unpaired) electrons. The summed E-state index contributed by atoms with van der Waals surface area (Å²) in [6, 6.07) is 0. The van der Waals surface area contributed by atoms with E-state index in [9.17, 15) is 43.9 Å². The van der Waals surface area contributed by atoms with Gasteiger partial charge in [0.25, 0.3) is 0 Å². The maximum absolute atomic E-state index is 13.2. The van der Waals surface area contributed by atoms with Crippen molar-refractivity contribution in [2.24, 2.45) is 0 Å². The fraction of sp³-hybridized carbons (Fsp3) is 1.00. The lowest BCUT2D eigenvalue weighted by Gasteiger charge is -2.37. The Morgan fingerprint density at radius 2 is 0.762 bits per heavy atom. The number of hydrogen-bond donors (Lipinski definition) is 0. The minimum absolute atomic E-state index is 0.182.